The van der Waals surface area contributed by atoms with Crippen LogP contribution in [0.1, 0.15) is 251 Å². The Morgan fingerprint density at radius 1 is 0.421 bits per heavy atom. The van der Waals surface area contributed by atoms with Crippen molar-refractivity contribution in [3.63, 3.8) is 0 Å². The van der Waals surface area contributed by atoms with Gasteiger partial charge in [0.1, 0.15) is 6.61 Å². The van der Waals surface area contributed by atoms with E-state index in [-0.39, 0.29) is 25.2 Å². The minimum atomic E-state index is -0.779. The molecule has 0 amide bonds. The second-order valence-electron chi connectivity index (χ2n) is 16.5. The zero-order valence-corrected chi connectivity index (χ0v) is 37.9. The fourth-order valence-electron chi connectivity index (χ4n) is 7.19. The smallest absolute Gasteiger partial charge is 0.306 e. The number of aliphatic hydroxyl groups is 1. The molecule has 5 nitrogen and oxygen atoms in total. The van der Waals surface area contributed by atoms with Crippen LogP contribution in [-0.2, 0) is 19.1 Å². The van der Waals surface area contributed by atoms with Crippen molar-refractivity contribution in [2.75, 3.05) is 13.2 Å². The van der Waals surface area contributed by atoms with Gasteiger partial charge in [-0.05, 0) is 51.4 Å². The molecule has 0 heterocycles. The van der Waals surface area contributed by atoms with E-state index in [9.17, 15) is 14.7 Å². The van der Waals surface area contributed by atoms with E-state index in [1.165, 1.54) is 154 Å². The highest BCUT2D eigenvalue weighted by Crippen LogP contribution is 2.16. The number of ether oxygens (including phenoxy) is 2. The van der Waals surface area contributed by atoms with Crippen LogP contribution in [0.3, 0.4) is 0 Å². The summed E-state index contributed by atoms with van der Waals surface area (Å²) in [4.78, 5) is 24.4. The van der Waals surface area contributed by atoms with Gasteiger partial charge in [-0.1, -0.05) is 236 Å². The van der Waals surface area contributed by atoms with Gasteiger partial charge >= 0.3 is 11.9 Å². The Morgan fingerprint density at radius 2 is 0.754 bits per heavy atom. The van der Waals surface area contributed by atoms with Crippen molar-refractivity contribution in [2.24, 2.45) is 0 Å². The lowest BCUT2D eigenvalue weighted by atomic mass is 10.0. The fourth-order valence-corrected chi connectivity index (χ4v) is 7.19. The average molecular weight is 799 g/mol. The molecule has 0 radical (unpaired) electrons. The quantitative estimate of drug-likeness (QED) is 0.0377. The van der Waals surface area contributed by atoms with Crippen LogP contribution in [0.5, 0.6) is 0 Å². The lowest BCUT2D eigenvalue weighted by molar-refractivity contribution is -0.161. The molecule has 332 valence electrons. The first-order valence-electron chi connectivity index (χ1n) is 24.7. The maximum Gasteiger partial charge on any atom is 0.306 e. The van der Waals surface area contributed by atoms with Crippen molar-refractivity contribution in [3.05, 3.63) is 48.6 Å². The number of carbonyl (C=O) groups is 2. The Labute approximate surface area is 354 Å². The summed E-state index contributed by atoms with van der Waals surface area (Å²) in [5, 5.41) is 9.61. The molecule has 0 aromatic rings. The number of hydrogen-bond acceptors (Lipinski definition) is 5. The van der Waals surface area contributed by atoms with Crippen LogP contribution in [-0.4, -0.2) is 36.4 Å². The molecule has 0 saturated carbocycles. The van der Waals surface area contributed by atoms with Crippen LogP contribution in [0, 0.1) is 0 Å². The molecule has 1 unspecified atom stereocenters. The minimum Gasteiger partial charge on any atom is -0.462 e. The summed E-state index contributed by atoms with van der Waals surface area (Å²) in [6.45, 7) is 4.04. The third kappa shape index (κ3) is 46.4. The Balaban J connectivity index is 3.49. The van der Waals surface area contributed by atoms with Crippen molar-refractivity contribution < 1.29 is 24.2 Å². The van der Waals surface area contributed by atoms with Gasteiger partial charge < -0.3 is 14.6 Å². The molecule has 57 heavy (non-hydrogen) atoms. The van der Waals surface area contributed by atoms with Crippen LogP contribution >= 0.6 is 0 Å². The molecule has 0 aliphatic rings. The third-order valence-electron chi connectivity index (χ3n) is 10.9. The summed E-state index contributed by atoms with van der Waals surface area (Å²) >= 11 is 0. The number of rotatable bonds is 45. The zero-order chi connectivity index (χ0) is 41.4. The van der Waals surface area contributed by atoms with Crippen molar-refractivity contribution in [3.8, 4) is 0 Å². The number of unbranched alkanes of at least 4 members (excludes halogenated alkanes) is 29. The van der Waals surface area contributed by atoms with Crippen LogP contribution in [0.2, 0.25) is 0 Å². The first kappa shape index (κ1) is 54.9. The second kappa shape index (κ2) is 48.2. The van der Waals surface area contributed by atoms with Crippen molar-refractivity contribution in [1.29, 1.82) is 0 Å². The van der Waals surface area contributed by atoms with E-state index in [1.54, 1.807) is 0 Å². The molecule has 0 aromatic carbocycles. The van der Waals surface area contributed by atoms with E-state index in [2.05, 4.69) is 62.5 Å². The van der Waals surface area contributed by atoms with Gasteiger partial charge in [0.2, 0.25) is 0 Å². The van der Waals surface area contributed by atoms with Crippen molar-refractivity contribution in [2.45, 2.75) is 258 Å². The normalized spacial score (nSPS) is 12.5. The molecule has 1 atom stereocenters. The standard InChI is InChI=1S/C52H94O5/c1-3-5-7-9-11-13-15-17-19-21-23-24-25-26-27-29-30-32-34-36-38-40-42-44-46-51(54)56-49-50(48-53)57-52(55)47-45-43-41-39-37-35-33-31-28-22-20-18-16-14-12-10-8-6-4-2/h6,8,12,14,18,20,28,31,50,53H,3-5,7,9-11,13,15-17,19,21-27,29-30,32-49H2,1-2H3/b8-6-,14-12-,20-18-,31-28-. The summed E-state index contributed by atoms with van der Waals surface area (Å²) in [6.07, 6.45) is 62.0. The molecule has 0 rings (SSSR count). The van der Waals surface area contributed by atoms with E-state index in [1.807, 2.05) is 0 Å². The first-order chi connectivity index (χ1) is 28.1. The van der Waals surface area contributed by atoms with Crippen LogP contribution in [0.15, 0.2) is 48.6 Å². The summed E-state index contributed by atoms with van der Waals surface area (Å²) in [5.74, 6) is -0.597. The van der Waals surface area contributed by atoms with Gasteiger partial charge in [0.25, 0.3) is 0 Å². The van der Waals surface area contributed by atoms with Gasteiger partial charge in [-0.25, -0.2) is 0 Å². The van der Waals surface area contributed by atoms with Gasteiger partial charge in [0.05, 0.1) is 6.61 Å². The molecular weight excluding hydrogens is 705 g/mol. The maximum absolute atomic E-state index is 12.2. The third-order valence-corrected chi connectivity index (χ3v) is 10.9. The Kier molecular flexibility index (Phi) is 46.4. The van der Waals surface area contributed by atoms with Gasteiger partial charge in [-0.15, -0.1) is 0 Å². The summed E-state index contributed by atoms with van der Waals surface area (Å²) < 4.78 is 10.7. The first-order valence-corrected chi connectivity index (χ1v) is 24.7. The minimum absolute atomic E-state index is 0.0697. The predicted molar refractivity (Wildman–Crippen MR) is 247 cm³/mol. The molecule has 0 aliphatic heterocycles. The van der Waals surface area contributed by atoms with Crippen molar-refractivity contribution in [1.82, 2.24) is 0 Å². The van der Waals surface area contributed by atoms with Crippen molar-refractivity contribution >= 4 is 11.9 Å². The van der Waals surface area contributed by atoms with Gasteiger partial charge in [-0.2, -0.15) is 0 Å². The molecule has 0 saturated heterocycles. The van der Waals surface area contributed by atoms with Crippen LogP contribution < -0.4 is 0 Å². The predicted octanol–water partition coefficient (Wildman–Crippen LogP) is 16.1. The van der Waals surface area contributed by atoms with E-state index in [0.29, 0.717) is 12.8 Å². The molecule has 0 aliphatic carbocycles. The number of aliphatic hydroxyl groups excluding tert-OH is 1. The average Bonchev–Trinajstić information content (AvgIpc) is 3.21. The molecule has 1 N–H and O–H groups in total. The van der Waals surface area contributed by atoms with E-state index in [4.69, 9.17) is 9.47 Å². The molecular formula is C52H94O5. The summed E-state index contributed by atoms with van der Waals surface area (Å²) in [6, 6.07) is 0. The Bertz CT molecular complexity index is 950. The molecule has 5 heteroatoms. The van der Waals surface area contributed by atoms with Gasteiger partial charge in [-0.3, -0.25) is 9.59 Å². The lowest BCUT2D eigenvalue weighted by Gasteiger charge is -2.15. The topological polar surface area (TPSA) is 72.8 Å². The SMILES string of the molecule is CC/C=C\C/C=C\C/C=C\C/C=C\CCCCCCCCC(=O)OC(CO)COC(=O)CCCCCCCCCCCCCCCCCCCCCCCCCC. The van der Waals surface area contributed by atoms with Crippen LogP contribution in [0.25, 0.3) is 0 Å². The number of carbonyl (C=O) groups excluding carboxylic acids is 2. The van der Waals surface area contributed by atoms with E-state index < -0.39 is 6.10 Å². The maximum atomic E-state index is 12.2. The lowest BCUT2D eigenvalue weighted by Crippen LogP contribution is -2.28. The molecule has 0 aromatic heterocycles. The largest absolute Gasteiger partial charge is 0.462 e. The molecule has 0 fully saturated rings. The molecule has 0 spiro atoms. The monoisotopic (exact) mass is 799 g/mol. The Hall–Kier alpha value is -2.14. The van der Waals surface area contributed by atoms with Crippen LogP contribution in [0.4, 0.5) is 0 Å². The molecule has 0 bridgehead atoms. The second-order valence-corrected chi connectivity index (χ2v) is 16.5. The highest BCUT2D eigenvalue weighted by molar-refractivity contribution is 5.70. The number of allylic oxidation sites excluding steroid dienone is 8. The number of hydrogen-bond donors (Lipinski definition) is 1. The van der Waals surface area contributed by atoms with E-state index >= 15 is 0 Å². The zero-order valence-electron chi connectivity index (χ0n) is 37.9. The van der Waals surface area contributed by atoms with E-state index in [0.717, 1.165) is 70.6 Å². The summed E-state index contributed by atoms with van der Waals surface area (Å²) in [7, 11) is 0. The fraction of sp³-hybridized carbons (Fsp3) is 0.808. The van der Waals surface area contributed by atoms with Gasteiger partial charge in [0.15, 0.2) is 6.10 Å². The number of esters is 2. The highest BCUT2D eigenvalue weighted by Gasteiger charge is 2.16. The summed E-state index contributed by atoms with van der Waals surface area (Å²) in [5.41, 5.74) is 0. The Morgan fingerprint density at radius 3 is 1.14 bits per heavy atom. The highest BCUT2D eigenvalue weighted by atomic mass is 16.6. The van der Waals surface area contributed by atoms with Gasteiger partial charge in [0, 0.05) is 12.8 Å².